The number of methoxy groups -OCH3 is 1. The molecule has 0 unspecified atom stereocenters. The fraction of sp³-hybridized carbons (Fsp3) is 0.450. The summed E-state index contributed by atoms with van der Waals surface area (Å²) in [5, 5.41) is 2.12. The molecule has 1 spiro atoms. The molecule has 4 nitrogen and oxygen atoms in total. The molecule has 0 N–H and O–H groups in total. The van der Waals surface area contributed by atoms with Crippen molar-refractivity contribution in [2.24, 2.45) is 0 Å². The number of nitrogens with zero attached hydrogens (tertiary/aromatic N) is 1. The van der Waals surface area contributed by atoms with Crippen LogP contribution >= 0.6 is 11.3 Å². The predicted octanol–water partition coefficient (Wildman–Crippen LogP) is 3.35. The van der Waals surface area contributed by atoms with E-state index in [2.05, 4.69) is 46.7 Å². The highest BCUT2D eigenvalue weighted by molar-refractivity contribution is 7.10. The standard InChI is InChI=1S/C20H23NO3S/c1-23-19(22)17-13-18-16(7-12-25-18)20(24-17)8-10-21(11-9-20)14-15-5-3-2-4-6-15/h2-7,12,17H,8-11,13-14H2,1H3/t17-/m1/s1. The largest absolute Gasteiger partial charge is 0.467 e. The van der Waals surface area contributed by atoms with Crippen LogP contribution in [0.25, 0.3) is 0 Å². The van der Waals surface area contributed by atoms with Gasteiger partial charge in [-0.05, 0) is 35.4 Å². The van der Waals surface area contributed by atoms with E-state index < -0.39 is 6.10 Å². The molecule has 132 valence electrons. The van der Waals surface area contributed by atoms with Crippen molar-refractivity contribution in [1.82, 2.24) is 4.90 Å². The summed E-state index contributed by atoms with van der Waals surface area (Å²) >= 11 is 1.73. The average Bonchev–Trinajstić information content (AvgIpc) is 3.13. The van der Waals surface area contributed by atoms with Gasteiger partial charge in [-0.3, -0.25) is 4.90 Å². The predicted molar refractivity (Wildman–Crippen MR) is 97.5 cm³/mol. The normalized spacial score (nSPS) is 22.5. The van der Waals surface area contributed by atoms with Gasteiger partial charge in [0.15, 0.2) is 6.10 Å². The number of benzene rings is 1. The third kappa shape index (κ3) is 3.24. The maximum Gasteiger partial charge on any atom is 0.335 e. The fourth-order valence-corrected chi connectivity index (χ4v) is 5.01. The topological polar surface area (TPSA) is 38.8 Å². The Kier molecular flexibility index (Phi) is 4.63. The van der Waals surface area contributed by atoms with Crippen molar-refractivity contribution in [3.8, 4) is 0 Å². The summed E-state index contributed by atoms with van der Waals surface area (Å²) in [4.78, 5) is 15.8. The first-order valence-corrected chi connectivity index (χ1v) is 9.67. The van der Waals surface area contributed by atoms with Gasteiger partial charge in [0.05, 0.1) is 12.7 Å². The number of piperidine rings is 1. The van der Waals surface area contributed by atoms with Crippen LogP contribution in [-0.2, 0) is 32.8 Å². The van der Waals surface area contributed by atoms with E-state index in [1.807, 2.05) is 0 Å². The molecule has 0 bridgehead atoms. The lowest BCUT2D eigenvalue weighted by Crippen LogP contribution is -2.50. The molecule has 0 radical (unpaired) electrons. The zero-order chi connectivity index (χ0) is 17.3. The highest BCUT2D eigenvalue weighted by atomic mass is 32.1. The molecular formula is C20H23NO3S. The molecule has 2 aliphatic rings. The van der Waals surface area contributed by atoms with Gasteiger partial charge in [-0.2, -0.15) is 0 Å². The maximum absolute atomic E-state index is 12.1. The highest BCUT2D eigenvalue weighted by Crippen LogP contribution is 2.45. The van der Waals surface area contributed by atoms with Crippen LogP contribution in [0.15, 0.2) is 41.8 Å². The summed E-state index contributed by atoms with van der Waals surface area (Å²) in [6, 6.07) is 12.8. The molecule has 25 heavy (non-hydrogen) atoms. The van der Waals surface area contributed by atoms with Crippen LogP contribution in [0, 0.1) is 0 Å². The molecule has 5 heteroatoms. The van der Waals surface area contributed by atoms with Gasteiger partial charge in [0.1, 0.15) is 0 Å². The van der Waals surface area contributed by atoms with Crippen LogP contribution in [-0.4, -0.2) is 37.2 Å². The van der Waals surface area contributed by atoms with Gasteiger partial charge in [0.2, 0.25) is 0 Å². The number of hydrogen-bond donors (Lipinski definition) is 0. The summed E-state index contributed by atoms with van der Waals surface area (Å²) in [5.41, 5.74) is 2.29. The summed E-state index contributed by atoms with van der Waals surface area (Å²) < 4.78 is 11.3. The highest BCUT2D eigenvalue weighted by Gasteiger charge is 2.46. The average molecular weight is 357 g/mol. The molecule has 1 atom stereocenters. The van der Waals surface area contributed by atoms with Crippen LogP contribution in [0.5, 0.6) is 0 Å². The smallest absolute Gasteiger partial charge is 0.335 e. The number of thiophene rings is 1. The Morgan fingerprint density at radius 3 is 2.76 bits per heavy atom. The molecular weight excluding hydrogens is 334 g/mol. The zero-order valence-corrected chi connectivity index (χ0v) is 15.3. The molecule has 0 saturated carbocycles. The summed E-state index contributed by atoms with van der Waals surface area (Å²) in [5.74, 6) is -0.259. The second-order valence-corrected chi connectivity index (χ2v) is 7.85. The summed E-state index contributed by atoms with van der Waals surface area (Å²) in [7, 11) is 1.44. The number of carbonyl (C=O) groups is 1. The summed E-state index contributed by atoms with van der Waals surface area (Å²) in [6.07, 6.45) is 1.99. The van der Waals surface area contributed by atoms with Crippen molar-refractivity contribution in [2.75, 3.05) is 20.2 Å². The van der Waals surface area contributed by atoms with E-state index in [1.165, 1.54) is 23.1 Å². The number of likely N-dealkylation sites (tertiary alicyclic amines) is 1. The number of hydrogen-bond acceptors (Lipinski definition) is 5. The SMILES string of the molecule is COC(=O)[C@H]1Cc2sccc2C2(CCN(Cc3ccccc3)CC2)O1. The Labute approximate surface area is 152 Å². The molecule has 0 amide bonds. The Morgan fingerprint density at radius 1 is 1.28 bits per heavy atom. The van der Waals surface area contributed by atoms with Crippen molar-refractivity contribution in [2.45, 2.75) is 37.5 Å². The van der Waals surface area contributed by atoms with Crippen molar-refractivity contribution in [3.63, 3.8) is 0 Å². The van der Waals surface area contributed by atoms with E-state index in [1.54, 1.807) is 11.3 Å². The van der Waals surface area contributed by atoms with Crippen LogP contribution in [0.3, 0.4) is 0 Å². The minimum atomic E-state index is -0.475. The van der Waals surface area contributed by atoms with Gasteiger partial charge in [-0.25, -0.2) is 4.79 Å². The quantitative estimate of drug-likeness (QED) is 0.790. The Morgan fingerprint density at radius 2 is 2.04 bits per heavy atom. The van der Waals surface area contributed by atoms with Crippen LogP contribution in [0.2, 0.25) is 0 Å². The third-order valence-corrected chi connectivity index (χ3v) is 6.29. The Hall–Kier alpha value is -1.69. The van der Waals surface area contributed by atoms with E-state index in [9.17, 15) is 4.79 Å². The number of ether oxygens (including phenoxy) is 2. The second kappa shape index (κ2) is 6.90. The minimum Gasteiger partial charge on any atom is -0.467 e. The Balaban J connectivity index is 1.50. The number of fused-ring (bicyclic) bond motifs is 2. The number of esters is 1. The number of carbonyl (C=O) groups excluding carboxylic acids is 1. The molecule has 2 aromatic rings. The van der Waals surface area contributed by atoms with Crippen molar-refractivity contribution in [3.05, 3.63) is 57.8 Å². The lowest BCUT2D eigenvalue weighted by molar-refractivity contribution is -0.180. The lowest BCUT2D eigenvalue weighted by atomic mass is 9.81. The monoisotopic (exact) mass is 357 g/mol. The summed E-state index contributed by atoms with van der Waals surface area (Å²) in [6.45, 7) is 2.91. The first kappa shape index (κ1) is 16.8. The molecule has 0 aliphatic carbocycles. The molecule has 1 aromatic carbocycles. The first-order chi connectivity index (χ1) is 12.2. The molecule has 1 fully saturated rings. The molecule has 2 aliphatic heterocycles. The molecule has 4 rings (SSSR count). The zero-order valence-electron chi connectivity index (χ0n) is 14.4. The van der Waals surface area contributed by atoms with E-state index in [0.29, 0.717) is 6.42 Å². The number of rotatable bonds is 3. The molecule has 1 aromatic heterocycles. The Bertz CT molecular complexity index is 734. The van der Waals surface area contributed by atoms with Crippen LogP contribution in [0.4, 0.5) is 0 Å². The van der Waals surface area contributed by atoms with Gasteiger partial charge in [0.25, 0.3) is 0 Å². The van der Waals surface area contributed by atoms with E-state index in [0.717, 1.165) is 32.5 Å². The second-order valence-electron chi connectivity index (χ2n) is 6.85. The van der Waals surface area contributed by atoms with Crippen LogP contribution in [0.1, 0.15) is 28.8 Å². The first-order valence-electron chi connectivity index (χ1n) is 8.79. The van der Waals surface area contributed by atoms with Gasteiger partial charge >= 0.3 is 5.97 Å². The van der Waals surface area contributed by atoms with Crippen molar-refractivity contribution < 1.29 is 14.3 Å². The molecule has 1 saturated heterocycles. The van der Waals surface area contributed by atoms with Crippen molar-refractivity contribution >= 4 is 17.3 Å². The van der Waals surface area contributed by atoms with Gasteiger partial charge in [0, 0.05) is 30.9 Å². The minimum absolute atomic E-state index is 0.259. The van der Waals surface area contributed by atoms with Gasteiger partial charge < -0.3 is 9.47 Å². The molecule has 3 heterocycles. The van der Waals surface area contributed by atoms with Crippen molar-refractivity contribution in [1.29, 1.82) is 0 Å². The lowest BCUT2D eigenvalue weighted by Gasteiger charge is -2.45. The maximum atomic E-state index is 12.1. The van der Waals surface area contributed by atoms with E-state index >= 15 is 0 Å². The van der Waals surface area contributed by atoms with Gasteiger partial charge in [-0.1, -0.05) is 30.3 Å². The fourth-order valence-electron chi connectivity index (χ4n) is 4.01. The van der Waals surface area contributed by atoms with E-state index in [4.69, 9.17) is 9.47 Å². The van der Waals surface area contributed by atoms with Crippen LogP contribution < -0.4 is 0 Å². The third-order valence-electron chi connectivity index (χ3n) is 5.35. The van der Waals surface area contributed by atoms with Gasteiger partial charge in [-0.15, -0.1) is 11.3 Å². The van der Waals surface area contributed by atoms with E-state index in [-0.39, 0.29) is 11.6 Å².